The molecule has 0 N–H and O–H groups in total. The van der Waals surface area contributed by atoms with E-state index < -0.39 is 0 Å². The number of hydrogen-bond donors (Lipinski definition) is 0. The molecule has 0 aliphatic heterocycles. The van der Waals surface area contributed by atoms with Gasteiger partial charge in [-0.1, -0.05) is 46.3 Å². The molecule has 0 atom stereocenters. The van der Waals surface area contributed by atoms with E-state index in [1.807, 2.05) is 60.3 Å². The van der Waals surface area contributed by atoms with Gasteiger partial charge in [0.2, 0.25) is 0 Å². The summed E-state index contributed by atoms with van der Waals surface area (Å²) in [5.41, 5.74) is 2.95. The second-order valence-corrected chi connectivity index (χ2v) is 6.02. The average Bonchev–Trinajstić information content (AvgIpc) is 2.78. The quantitative estimate of drug-likeness (QED) is 0.724. The van der Waals surface area contributed by atoms with E-state index in [4.69, 9.17) is 0 Å². The van der Waals surface area contributed by atoms with Crippen molar-refractivity contribution in [2.24, 2.45) is 7.05 Å². The molecular formula is C17H15BrN2O. The maximum atomic E-state index is 12.3. The van der Waals surface area contributed by atoms with Crippen LogP contribution in [0.15, 0.2) is 53.0 Å². The van der Waals surface area contributed by atoms with Crippen molar-refractivity contribution in [3.63, 3.8) is 0 Å². The number of aromatic nitrogens is 2. The fourth-order valence-electron chi connectivity index (χ4n) is 2.50. The van der Waals surface area contributed by atoms with Crippen molar-refractivity contribution in [1.82, 2.24) is 9.78 Å². The lowest BCUT2D eigenvalue weighted by Gasteiger charge is -2.01. The lowest BCUT2D eigenvalue weighted by atomic mass is 10.0. The highest BCUT2D eigenvalue weighted by Crippen LogP contribution is 2.19. The van der Waals surface area contributed by atoms with Gasteiger partial charge in [0.25, 0.3) is 0 Å². The number of para-hydroxylation sites is 1. The molecule has 1 aromatic heterocycles. The third kappa shape index (κ3) is 3.05. The summed E-state index contributed by atoms with van der Waals surface area (Å²) in [6, 6.07) is 15.9. The maximum absolute atomic E-state index is 12.3. The van der Waals surface area contributed by atoms with Crippen LogP contribution < -0.4 is 0 Å². The largest absolute Gasteiger partial charge is 0.299 e. The number of aryl methyl sites for hydroxylation is 1. The van der Waals surface area contributed by atoms with Gasteiger partial charge in [-0.25, -0.2) is 0 Å². The predicted octanol–water partition coefficient (Wildman–Crippen LogP) is 3.69. The predicted molar refractivity (Wildman–Crippen MR) is 87.3 cm³/mol. The van der Waals surface area contributed by atoms with Gasteiger partial charge < -0.3 is 0 Å². The molecule has 4 heteroatoms. The number of benzene rings is 2. The van der Waals surface area contributed by atoms with E-state index in [1.54, 1.807) is 0 Å². The Bertz CT molecular complexity index is 790. The molecule has 0 fully saturated rings. The summed E-state index contributed by atoms with van der Waals surface area (Å²) in [5.74, 6) is 0.182. The number of hydrogen-bond acceptors (Lipinski definition) is 2. The van der Waals surface area contributed by atoms with Gasteiger partial charge in [0.1, 0.15) is 5.78 Å². The smallest absolute Gasteiger partial charge is 0.143 e. The van der Waals surface area contributed by atoms with Crippen LogP contribution >= 0.6 is 15.9 Å². The van der Waals surface area contributed by atoms with Crippen molar-refractivity contribution < 1.29 is 4.79 Å². The molecule has 0 saturated carbocycles. The maximum Gasteiger partial charge on any atom is 0.143 e. The van der Waals surface area contributed by atoms with Crippen LogP contribution in [-0.2, 0) is 24.7 Å². The number of rotatable bonds is 4. The number of fused-ring (bicyclic) bond motifs is 1. The van der Waals surface area contributed by atoms with Crippen LogP contribution in [0.3, 0.4) is 0 Å². The van der Waals surface area contributed by atoms with Gasteiger partial charge in [0, 0.05) is 23.3 Å². The van der Waals surface area contributed by atoms with Crippen LogP contribution in [0.1, 0.15) is 11.3 Å². The summed E-state index contributed by atoms with van der Waals surface area (Å²) in [6.45, 7) is 0. The highest BCUT2D eigenvalue weighted by molar-refractivity contribution is 9.10. The van der Waals surface area contributed by atoms with Crippen LogP contribution in [-0.4, -0.2) is 15.6 Å². The highest BCUT2D eigenvalue weighted by Gasteiger charge is 2.12. The van der Waals surface area contributed by atoms with Gasteiger partial charge in [-0.15, -0.1) is 0 Å². The van der Waals surface area contributed by atoms with Gasteiger partial charge in [-0.3, -0.25) is 9.48 Å². The number of carbonyl (C=O) groups excluding carboxylic acids is 1. The van der Waals surface area contributed by atoms with Crippen LogP contribution in [0.4, 0.5) is 0 Å². The molecule has 0 amide bonds. The third-order valence-corrected chi connectivity index (χ3v) is 4.04. The average molecular weight is 343 g/mol. The molecule has 0 spiro atoms. The van der Waals surface area contributed by atoms with E-state index in [9.17, 15) is 4.79 Å². The van der Waals surface area contributed by atoms with Crippen molar-refractivity contribution in [2.45, 2.75) is 12.8 Å². The minimum Gasteiger partial charge on any atom is -0.299 e. The van der Waals surface area contributed by atoms with Gasteiger partial charge in [-0.05, 0) is 23.8 Å². The SMILES string of the molecule is Cn1nc(CC(=O)Cc2ccc(Br)cc2)c2ccccc21. The normalized spacial score (nSPS) is 11.0. The molecule has 1 heterocycles. The molecule has 0 radical (unpaired) electrons. The summed E-state index contributed by atoms with van der Waals surface area (Å²) in [4.78, 5) is 12.3. The Morgan fingerprint density at radius 2 is 1.81 bits per heavy atom. The Balaban J connectivity index is 1.79. The molecule has 0 unspecified atom stereocenters. The van der Waals surface area contributed by atoms with Crippen molar-refractivity contribution >= 4 is 32.6 Å². The molecule has 21 heavy (non-hydrogen) atoms. The zero-order chi connectivity index (χ0) is 14.8. The summed E-state index contributed by atoms with van der Waals surface area (Å²) in [6.07, 6.45) is 0.815. The van der Waals surface area contributed by atoms with E-state index in [1.165, 1.54) is 0 Å². The minimum absolute atomic E-state index is 0.182. The monoisotopic (exact) mass is 342 g/mol. The summed E-state index contributed by atoms with van der Waals surface area (Å²) < 4.78 is 2.85. The second kappa shape index (κ2) is 5.82. The minimum atomic E-state index is 0.182. The number of Topliss-reactive ketones (excluding diaryl/α,β-unsaturated/α-hetero) is 1. The molecule has 0 bridgehead atoms. The van der Waals surface area contributed by atoms with Crippen LogP contribution in [0.2, 0.25) is 0 Å². The summed E-state index contributed by atoms with van der Waals surface area (Å²) in [5, 5.41) is 5.53. The molecule has 3 nitrogen and oxygen atoms in total. The molecule has 2 aromatic carbocycles. The van der Waals surface area contributed by atoms with Crippen molar-refractivity contribution in [3.05, 3.63) is 64.3 Å². The third-order valence-electron chi connectivity index (χ3n) is 3.51. The Morgan fingerprint density at radius 1 is 1.10 bits per heavy atom. The standard InChI is InChI=1S/C17H15BrN2O/c1-20-17-5-3-2-4-15(17)16(19-20)11-14(21)10-12-6-8-13(18)9-7-12/h2-9H,10-11H2,1H3. The van der Waals surface area contributed by atoms with Crippen molar-refractivity contribution in [2.75, 3.05) is 0 Å². The molecule has 3 aromatic rings. The highest BCUT2D eigenvalue weighted by atomic mass is 79.9. The van der Waals surface area contributed by atoms with Gasteiger partial charge >= 0.3 is 0 Å². The van der Waals surface area contributed by atoms with Gasteiger partial charge in [0.05, 0.1) is 17.6 Å². The zero-order valence-electron chi connectivity index (χ0n) is 11.7. The van der Waals surface area contributed by atoms with Crippen molar-refractivity contribution in [1.29, 1.82) is 0 Å². The molecule has 0 aliphatic rings. The fourth-order valence-corrected chi connectivity index (χ4v) is 2.76. The van der Waals surface area contributed by atoms with Crippen LogP contribution in [0.5, 0.6) is 0 Å². The molecule has 3 rings (SSSR count). The zero-order valence-corrected chi connectivity index (χ0v) is 13.3. The number of ketones is 1. The van der Waals surface area contributed by atoms with Crippen LogP contribution in [0, 0.1) is 0 Å². The first-order chi connectivity index (χ1) is 10.1. The van der Waals surface area contributed by atoms with Gasteiger partial charge in [-0.2, -0.15) is 5.10 Å². The lowest BCUT2D eigenvalue weighted by Crippen LogP contribution is -2.07. The van der Waals surface area contributed by atoms with E-state index in [0.717, 1.165) is 26.6 Å². The molecule has 0 saturated heterocycles. The fraction of sp³-hybridized carbons (Fsp3) is 0.176. The number of halogens is 1. The lowest BCUT2D eigenvalue weighted by molar-refractivity contribution is -0.117. The van der Waals surface area contributed by atoms with E-state index in [0.29, 0.717) is 12.8 Å². The number of nitrogens with zero attached hydrogens (tertiary/aromatic N) is 2. The Kier molecular flexibility index (Phi) is 3.88. The van der Waals surface area contributed by atoms with Gasteiger partial charge in [0.15, 0.2) is 0 Å². The Hall–Kier alpha value is -1.94. The second-order valence-electron chi connectivity index (χ2n) is 5.11. The van der Waals surface area contributed by atoms with E-state index >= 15 is 0 Å². The van der Waals surface area contributed by atoms with E-state index in [2.05, 4.69) is 21.0 Å². The molecule has 0 aliphatic carbocycles. The van der Waals surface area contributed by atoms with E-state index in [-0.39, 0.29) is 5.78 Å². The summed E-state index contributed by atoms with van der Waals surface area (Å²) >= 11 is 3.40. The first kappa shape index (κ1) is 14.0. The van der Waals surface area contributed by atoms with Crippen molar-refractivity contribution in [3.8, 4) is 0 Å². The first-order valence-corrected chi connectivity index (χ1v) is 7.59. The topological polar surface area (TPSA) is 34.9 Å². The first-order valence-electron chi connectivity index (χ1n) is 6.80. The van der Waals surface area contributed by atoms with Crippen LogP contribution in [0.25, 0.3) is 10.9 Å². The Labute approximate surface area is 131 Å². The summed E-state index contributed by atoms with van der Waals surface area (Å²) in [7, 11) is 1.91. The Morgan fingerprint density at radius 3 is 2.57 bits per heavy atom. The number of carbonyl (C=O) groups is 1. The molecular weight excluding hydrogens is 328 g/mol. The molecule has 106 valence electrons.